The Kier molecular flexibility index (Phi) is 3.36. The van der Waals surface area contributed by atoms with Gasteiger partial charge >= 0.3 is 5.97 Å². The van der Waals surface area contributed by atoms with Gasteiger partial charge < -0.3 is 9.47 Å². The van der Waals surface area contributed by atoms with Crippen molar-refractivity contribution < 1.29 is 14.3 Å². The summed E-state index contributed by atoms with van der Waals surface area (Å²) in [4.78, 5) is 10.7. The third kappa shape index (κ3) is 3.98. The summed E-state index contributed by atoms with van der Waals surface area (Å²) in [6.07, 6.45) is 3.14. The van der Waals surface area contributed by atoms with Crippen molar-refractivity contribution in [3.05, 3.63) is 0 Å². The van der Waals surface area contributed by atoms with Crippen LogP contribution in [0.2, 0.25) is 0 Å². The molecule has 0 atom stereocenters. The van der Waals surface area contributed by atoms with Gasteiger partial charge in [-0.2, -0.15) is 0 Å². The molecule has 0 aliphatic heterocycles. The quantitative estimate of drug-likeness (QED) is 0.562. The number of esters is 1. The SMILES string of the molecule is CCOC(=O)CCOC1CC1. The summed E-state index contributed by atoms with van der Waals surface area (Å²) in [5, 5.41) is 0. The van der Waals surface area contributed by atoms with E-state index < -0.39 is 0 Å². The molecule has 0 bridgehead atoms. The van der Waals surface area contributed by atoms with Gasteiger partial charge in [0.25, 0.3) is 0 Å². The maximum Gasteiger partial charge on any atom is 0.308 e. The van der Waals surface area contributed by atoms with Crippen LogP contribution in [0.4, 0.5) is 0 Å². The molecule has 0 unspecified atom stereocenters. The molecule has 1 aliphatic rings. The minimum atomic E-state index is -0.159. The van der Waals surface area contributed by atoms with E-state index in [4.69, 9.17) is 9.47 Å². The summed E-state index contributed by atoms with van der Waals surface area (Å²) in [5.74, 6) is -0.159. The Morgan fingerprint density at radius 2 is 2.27 bits per heavy atom. The van der Waals surface area contributed by atoms with Crippen LogP contribution < -0.4 is 0 Å². The number of carbonyl (C=O) groups is 1. The molecule has 0 aromatic carbocycles. The highest BCUT2D eigenvalue weighted by atomic mass is 16.5. The normalized spacial score (nSPS) is 16.5. The summed E-state index contributed by atoms with van der Waals surface area (Å²) in [6, 6.07) is 0. The van der Waals surface area contributed by atoms with E-state index in [-0.39, 0.29) is 5.97 Å². The Morgan fingerprint density at radius 1 is 1.55 bits per heavy atom. The lowest BCUT2D eigenvalue weighted by Crippen LogP contribution is -2.08. The van der Waals surface area contributed by atoms with Gasteiger partial charge in [-0.05, 0) is 19.8 Å². The second-order valence-corrected chi connectivity index (χ2v) is 2.63. The fourth-order valence-corrected chi connectivity index (χ4v) is 0.777. The predicted octanol–water partition coefficient (Wildman–Crippen LogP) is 1.12. The summed E-state index contributed by atoms with van der Waals surface area (Å²) >= 11 is 0. The minimum absolute atomic E-state index is 0.159. The molecule has 0 N–H and O–H groups in total. The highest BCUT2D eigenvalue weighted by Crippen LogP contribution is 2.23. The number of hydrogen-bond donors (Lipinski definition) is 0. The molecule has 1 rings (SSSR count). The number of ether oxygens (including phenoxy) is 2. The Balaban J connectivity index is 1.88. The van der Waals surface area contributed by atoms with Gasteiger partial charge in [0.15, 0.2) is 0 Å². The van der Waals surface area contributed by atoms with Gasteiger partial charge in [-0.25, -0.2) is 0 Å². The summed E-state index contributed by atoms with van der Waals surface area (Å²) in [6.45, 7) is 2.78. The molecule has 11 heavy (non-hydrogen) atoms. The third-order valence-corrected chi connectivity index (χ3v) is 1.49. The highest BCUT2D eigenvalue weighted by molar-refractivity contribution is 5.69. The molecule has 1 aliphatic carbocycles. The van der Waals surface area contributed by atoms with Crippen LogP contribution in [-0.2, 0) is 14.3 Å². The van der Waals surface area contributed by atoms with E-state index in [2.05, 4.69) is 0 Å². The summed E-state index contributed by atoms with van der Waals surface area (Å²) in [5.41, 5.74) is 0. The van der Waals surface area contributed by atoms with Gasteiger partial charge in [-0.3, -0.25) is 4.79 Å². The number of carbonyl (C=O) groups excluding carboxylic acids is 1. The molecule has 1 fully saturated rings. The highest BCUT2D eigenvalue weighted by Gasteiger charge is 2.21. The first-order valence-corrected chi connectivity index (χ1v) is 4.10. The van der Waals surface area contributed by atoms with E-state index >= 15 is 0 Å². The van der Waals surface area contributed by atoms with Crippen molar-refractivity contribution in [2.24, 2.45) is 0 Å². The van der Waals surface area contributed by atoms with Crippen molar-refractivity contribution in [3.63, 3.8) is 0 Å². The molecule has 0 heterocycles. The summed E-state index contributed by atoms with van der Waals surface area (Å²) < 4.78 is 9.99. The average Bonchev–Trinajstić information content (AvgIpc) is 2.72. The zero-order valence-electron chi connectivity index (χ0n) is 6.84. The third-order valence-electron chi connectivity index (χ3n) is 1.49. The Bertz CT molecular complexity index is 129. The molecule has 0 aromatic heterocycles. The lowest BCUT2D eigenvalue weighted by Gasteiger charge is -2.01. The van der Waals surface area contributed by atoms with Gasteiger partial charge in [-0.1, -0.05) is 0 Å². The Hall–Kier alpha value is -0.570. The smallest absolute Gasteiger partial charge is 0.308 e. The first-order valence-electron chi connectivity index (χ1n) is 4.10. The lowest BCUT2D eigenvalue weighted by atomic mass is 10.5. The molecule has 1 saturated carbocycles. The molecule has 0 saturated heterocycles. The molecule has 0 aromatic rings. The average molecular weight is 158 g/mol. The van der Waals surface area contributed by atoms with Crippen LogP contribution in [0.1, 0.15) is 26.2 Å². The van der Waals surface area contributed by atoms with E-state index in [0.29, 0.717) is 25.7 Å². The van der Waals surface area contributed by atoms with Gasteiger partial charge in [-0.15, -0.1) is 0 Å². The van der Waals surface area contributed by atoms with Crippen LogP contribution in [0.3, 0.4) is 0 Å². The second kappa shape index (κ2) is 4.34. The van der Waals surface area contributed by atoms with Gasteiger partial charge in [0.05, 0.1) is 25.7 Å². The molecule has 0 amide bonds. The minimum Gasteiger partial charge on any atom is -0.466 e. The largest absolute Gasteiger partial charge is 0.466 e. The maximum atomic E-state index is 10.7. The number of hydrogen-bond acceptors (Lipinski definition) is 3. The molecule has 0 radical (unpaired) electrons. The standard InChI is InChI=1S/C8H14O3/c1-2-10-8(9)5-6-11-7-3-4-7/h7H,2-6H2,1H3. The second-order valence-electron chi connectivity index (χ2n) is 2.63. The van der Waals surface area contributed by atoms with E-state index in [1.807, 2.05) is 0 Å². The van der Waals surface area contributed by atoms with Gasteiger partial charge in [0.1, 0.15) is 0 Å². The monoisotopic (exact) mass is 158 g/mol. The van der Waals surface area contributed by atoms with Crippen molar-refractivity contribution in [1.29, 1.82) is 0 Å². The van der Waals surface area contributed by atoms with Crippen molar-refractivity contribution in [2.75, 3.05) is 13.2 Å². The summed E-state index contributed by atoms with van der Waals surface area (Å²) in [7, 11) is 0. The predicted molar refractivity (Wildman–Crippen MR) is 40.2 cm³/mol. The van der Waals surface area contributed by atoms with Crippen LogP contribution in [0.15, 0.2) is 0 Å². The van der Waals surface area contributed by atoms with Crippen molar-refractivity contribution >= 4 is 5.97 Å². The van der Waals surface area contributed by atoms with Crippen LogP contribution in [0, 0.1) is 0 Å². The zero-order chi connectivity index (χ0) is 8.10. The molecular weight excluding hydrogens is 144 g/mol. The zero-order valence-corrected chi connectivity index (χ0v) is 6.84. The fraction of sp³-hybridized carbons (Fsp3) is 0.875. The lowest BCUT2D eigenvalue weighted by molar-refractivity contribution is -0.144. The molecular formula is C8H14O3. The maximum absolute atomic E-state index is 10.7. The van der Waals surface area contributed by atoms with Gasteiger partial charge in [0.2, 0.25) is 0 Å². The van der Waals surface area contributed by atoms with Crippen LogP contribution in [0.5, 0.6) is 0 Å². The first kappa shape index (κ1) is 8.53. The Morgan fingerprint density at radius 3 is 2.82 bits per heavy atom. The van der Waals surface area contributed by atoms with E-state index in [9.17, 15) is 4.79 Å². The molecule has 3 heteroatoms. The first-order chi connectivity index (χ1) is 5.33. The van der Waals surface area contributed by atoms with Crippen molar-refractivity contribution in [1.82, 2.24) is 0 Å². The van der Waals surface area contributed by atoms with Gasteiger partial charge in [0, 0.05) is 0 Å². The fourth-order valence-electron chi connectivity index (χ4n) is 0.777. The molecule has 3 nitrogen and oxygen atoms in total. The molecule has 0 spiro atoms. The van der Waals surface area contributed by atoms with Crippen molar-refractivity contribution in [2.45, 2.75) is 32.3 Å². The molecule has 64 valence electrons. The van der Waals surface area contributed by atoms with E-state index in [0.717, 1.165) is 12.8 Å². The van der Waals surface area contributed by atoms with Crippen LogP contribution >= 0.6 is 0 Å². The van der Waals surface area contributed by atoms with Crippen LogP contribution in [0.25, 0.3) is 0 Å². The Labute approximate surface area is 66.7 Å². The van der Waals surface area contributed by atoms with E-state index in [1.165, 1.54) is 0 Å². The van der Waals surface area contributed by atoms with Crippen LogP contribution in [-0.4, -0.2) is 25.3 Å². The van der Waals surface area contributed by atoms with Crippen molar-refractivity contribution in [3.8, 4) is 0 Å². The topological polar surface area (TPSA) is 35.5 Å². The van der Waals surface area contributed by atoms with E-state index in [1.54, 1.807) is 6.92 Å². The number of rotatable bonds is 5.